The summed E-state index contributed by atoms with van der Waals surface area (Å²) in [6.45, 7) is 4.60. The van der Waals surface area contributed by atoms with Crippen LogP contribution in [0.1, 0.15) is 19.4 Å². The van der Waals surface area contributed by atoms with Crippen molar-refractivity contribution in [3.63, 3.8) is 0 Å². The number of carbonyl (C=O) groups is 1. The molecule has 3 nitrogen and oxygen atoms in total. The molecule has 0 aromatic heterocycles. The van der Waals surface area contributed by atoms with Gasteiger partial charge in [-0.1, -0.05) is 43.1 Å². The van der Waals surface area contributed by atoms with Crippen molar-refractivity contribution in [2.24, 2.45) is 5.92 Å². The summed E-state index contributed by atoms with van der Waals surface area (Å²) >= 11 is 11.8. The van der Waals surface area contributed by atoms with E-state index in [9.17, 15) is 9.00 Å². The third-order valence-corrected chi connectivity index (χ3v) is 4.14. The molecule has 0 spiro atoms. The van der Waals surface area contributed by atoms with Crippen molar-refractivity contribution in [2.45, 2.75) is 19.6 Å². The number of rotatable bonds is 6. The molecule has 0 aliphatic heterocycles. The maximum absolute atomic E-state index is 11.9. The molecule has 19 heavy (non-hydrogen) atoms. The molecular formula is C13H17Cl2NO2S. The van der Waals surface area contributed by atoms with Gasteiger partial charge < -0.3 is 5.32 Å². The van der Waals surface area contributed by atoms with E-state index in [1.54, 1.807) is 18.2 Å². The smallest absolute Gasteiger partial charge is 0.232 e. The van der Waals surface area contributed by atoms with Crippen LogP contribution in [0, 0.1) is 5.92 Å². The number of amides is 1. The molecule has 1 aromatic carbocycles. The normalized spacial score (nSPS) is 12.5. The Bertz CT molecular complexity index is 478. The van der Waals surface area contributed by atoms with Gasteiger partial charge in [-0.25, -0.2) is 0 Å². The van der Waals surface area contributed by atoms with Gasteiger partial charge in [-0.15, -0.1) is 0 Å². The zero-order valence-corrected chi connectivity index (χ0v) is 13.2. The Hall–Kier alpha value is -0.580. The van der Waals surface area contributed by atoms with Gasteiger partial charge in [-0.3, -0.25) is 9.00 Å². The van der Waals surface area contributed by atoms with Gasteiger partial charge in [0.25, 0.3) is 0 Å². The zero-order valence-electron chi connectivity index (χ0n) is 10.9. The van der Waals surface area contributed by atoms with Crippen LogP contribution in [-0.2, 0) is 21.3 Å². The molecule has 0 radical (unpaired) electrons. The highest BCUT2D eigenvalue weighted by molar-refractivity contribution is 7.84. The summed E-state index contributed by atoms with van der Waals surface area (Å²) in [6, 6.07) is 5.03. The van der Waals surface area contributed by atoms with Crippen LogP contribution in [0.25, 0.3) is 0 Å². The summed E-state index contributed by atoms with van der Waals surface area (Å²) in [6.07, 6.45) is 0. The first-order valence-electron chi connectivity index (χ1n) is 5.94. The summed E-state index contributed by atoms with van der Waals surface area (Å²) in [5.74, 6) is 0.428. The molecule has 0 aliphatic rings. The van der Waals surface area contributed by atoms with Crippen molar-refractivity contribution < 1.29 is 9.00 Å². The number of halogens is 2. The van der Waals surface area contributed by atoms with E-state index in [1.165, 1.54) is 0 Å². The van der Waals surface area contributed by atoms with Gasteiger partial charge in [-0.2, -0.15) is 0 Å². The second-order valence-electron chi connectivity index (χ2n) is 4.66. The van der Waals surface area contributed by atoms with Crippen LogP contribution < -0.4 is 5.32 Å². The Labute approximate surface area is 126 Å². The lowest BCUT2D eigenvalue weighted by Crippen LogP contribution is -2.31. The Balaban J connectivity index is 2.49. The first-order valence-corrected chi connectivity index (χ1v) is 8.18. The number of nitrogens with one attached hydrogen (secondary N) is 1. The lowest BCUT2D eigenvalue weighted by Gasteiger charge is -2.08. The van der Waals surface area contributed by atoms with Crippen LogP contribution in [-0.4, -0.2) is 22.4 Å². The Morgan fingerprint density at radius 3 is 2.63 bits per heavy atom. The van der Waals surface area contributed by atoms with Crippen molar-refractivity contribution in [2.75, 3.05) is 12.3 Å². The van der Waals surface area contributed by atoms with Crippen LogP contribution in [0.4, 0.5) is 0 Å². The van der Waals surface area contributed by atoms with Gasteiger partial charge in [-0.05, 0) is 23.6 Å². The maximum atomic E-state index is 11.9. The van der Waals surface area contributed by atoms with E-state index in [2.05, 4.69) is 5.32 Å². The van der Waals surface area contributed by atoms with Gasteiger partial charge >= 0.3 is 0 Å². The van der Waals surface area contributed by atoms with E-state index in [0.717, 1.165) is 5.56 Å². The minimum absolute atomic E-state index is 0.00826. The third-order valence-electron chi connectivity index (χ3n) is 2.33. The second kappa shape index (κ2) is 7.88. The minimum atomic E-state index is -1.27. The number of hydrogen-bond donors (Lipinski definition) is 1. The molecule has 0 saturated carbocycles. The van der Waals surface area contributed by atoms with Crippen LogP contribution in [0.15, 0.2) is 18.2 Å². The molecule has 0 heterocycles. The molecule has 1 amide bonds. The standard InChI is InChI=1S/C13H17Cl2NO2S/c1-9(2)6-16-13(17)8-19(18)7-10-3-4-11(14)5-12(10)15/h3-5,9H,6-8H2,1-2H3,(H,16,17). The van der Waals surface area contributed by atoms with Crippen molar-refractivity contribution in [1.82, 2.24) is 5.32 Å². The van der Waals surface area contributed by atoms with E-state index in [-0.39, 0.29) is 17.4 Å². The zero-order chi connectivity index (χ0) is 14.4. The molecule has 1 aromatic rings. The van der Waals surface area contributed by atoms with Crippen molar-refractivity contribution >= 4 is 39.9 Å². The van der Waals surface area contributed by atoms with E-state index in [4.69, 9.17) is 23.2 Å². The molecule has 0 aliphatic carbocycles. The summed E-state index contributed by atoms with van der Waals surface area (Å²) in [5, 5.41) is 3.75. The lowest BCUT2D eigenvalue weighted by atomic mass is 10.2. The second-order valence-corrected chi connectivity index (χ2v) is 6.96. The van der Waals surface area contributed by atoms with E-state index >= 15 is 0 Å². The number of benzene rings is 1. The van der Waals surface area contributed by atoms with Crippen LogP contribution in [0.3, 0.4) is 0 Å². The molecule has 1 unspecified atom stereocenters. The first kappa shape index (κ1) is 16.5. The molecule has 0 fully saturated rings. The van der Waals surface area contributed by atoms with Gasteiger partial charge in [0.1, 0.15) is 5.75 Å². The summed E-state index contributed by atoms with van der Waals surface area (Å²) in [4.78, 5) is 11.5. The molecule has 6 heteroatoms. The highest BCUT2D eigenvalue weighted by Gasteiger charge is 2.11. The van der Waals surface area contributed by atoms with Crippen LogP contribution >= 0.6 is 23.2 Å². The van der Waals surface area contributed by atoms with Gasteiger partial charge in [0.15, 0.2) is 0 Å². The Morgan fingerprint density at radius 1 is 1.37 bits per heavy atom. The average molecular weight is 322 g/mol. The Morgan fingerprint density at radius 2 is 2.05 bits per heavy atom. The third kappa shape index (κ3) is 6.41. The predicted octanol–water partition coefficient (Wildman–Crippen LogP) is 3.01. The number of hydrogen-bond acceptors (Lipinski definition) is 2. The molecule has 1 atom stereocenters. The van der Waals surface area contributed by atoms with E-state index < -0.39 is 10.8 Å². The molecule has 0 saturated heterocycles. The van der Waals surface area contributed by atoms with Crippen LogP contribution in [0.2, 0.25) is 10.0 Å². The van der Waals surface area contributed by atoms with Crippen molar-refractivity contribution in [1.29, 1.82) is 0 Å². The van der Waals surface area contributed by atoms with Crippen molar-refractivity contribution in [3.05, 3.63) is 33.8 Å². The fourth-order valence-electron chi connectivity index (χ4n) is 1.38. The first-order chi connectivity index (χ1) is 8.88. The predicted molar refractivity (Wildman–Crippen MR) is 81.0 cm³/mol. The molecule has 1 N–H and O–H groups in total. The quantitative estimate of drug-likeness (QED) is 0.875. The maximum Gasteiger partial charge on any atom is 0.232 e. The fraction of sp³-hybridized carbons (Fsp3) is 0.462. The van der Waals surface area contributed by atoms with E-state index in [1.807, 2.05) is 13.8 Å². The molecule has 1 rings (SSSR count). The van der Waals surface area contributed by atoms with Gasteiger partial charge in [0.05, 0.1) is 5.75 Å². The molecule has 106 valence electrons. The van der Waals surface area contributed by atoms with Gasteiger partial charge in [0.2, 0.25) is 5.91 Å². The largest absolute Gasteiger partial charge is 0.355 e. The SMILES string of the molecule is CC(C)CNC(=O)CS(=O)Cc1ccc(Cl)cc1Cl. The van der Waals surface area contributed by atoms with Crippen molar-refractivity contribution in [3.8, 4) is 0 Å². The monoisotopic (exact) mass is 321 g/mol. The highest BCUT2D eigenvalue weighted by atomic mass is 35.5. The fourth-order valence-corrected chi connectivity index (χ4v) is 3.03. The molecular weight excluding hydrogens is 305 g/mol. The number of carbonyl (C=O) groups excluding carboxylic acids is 1. The molecule has 0 bridgehead atoms. The van der Waals surface area contributed by atoms with Crippen LogP contribution in [0.5, 0.6) is 0 Å². The van der Waals surface area contributed by atoms with E-state index in [0.29, 0.717) is 22.5 Å². The lowest BCUT2D eigenvalue weighted by molar-refractivity contribution is -0.118. The van der Waals surface area contributed by atoms with Gasteiger partial charge in [0, 0.05) is 27.4 Å². The summed E-state index contributed by atoms with van der Waals surface area (Å²) in [7, 11) is -1.27. The topological polar surface area (TPSA) is 46.2 Å². The highest BCUT2D eigenvalue weighted by Crippen LogP contribution is 2.22. The minimum Gasteiger partial charge on any atom is -0.355 e. The summed E-state index contributed by atoms with van der Waals surface area (Å²) in [5.41, 5.74) is 0.737. The Kier molecular flexibility index (Phi) is 6.83. The average Bonchev–Trinajstić information content (AvgIpc) is 2.30. The summed E-state index contributed by atoms with van der Waals surface area (Å²) < 4.78 is 11.9.